The molecule has 0 aromatic heterocycles. The van der Waals surface area contributed by atoms with Gasteiger partial charge in [0.25, 0.3) is 0 Å². The fourth-order valence-corrected chi connectivity index (χ4v) is 0.921. The summed E-state index contributed by atoms with van der Waals surface area (Å²) in [5.41, 5.74) is -0.281. The molecule has 1 rings (SSSR count). The minimum absolute atomic E-state index is 0.0677. The van der Waals surface area contributed by atoms with Gasteiger partial charge in [-0.15, -0.1) is 0 Å². The van der Waals surface area contributed by atoms with Crippen LogP contribution in [0.5, 0.6) is 0 Å². The van der Waals surface area contributed by atoms with Crippen LogP contribution in [-0.4, -0.2) is 32.8 Å². The van der Waals surface area contributed by atoms with Gasteiger partial charge in [-0.2, -0.15) is 0 Å². The lowest BCUT2D eigenvalue weighted by Crippen LogP contribution is -2.53. The van der Waals surface area contributed by atoms with Crippen molar-refractivity contribution in [3.8, 4) is 0 Å². The summed E-state index contributed by atoms with van der Waals surface area (Å²) < 4.78 is 4.96. The van der Waals surface area contributed by atoms with E-state index < -0.39 is 0 Å². The molecular weight excluding hydrogens is 144 g/mol. The van der Waals surface area contributed by atoms with Crippen molar-refractivity contribution in [2.45, 2.75) is 6.92 Å². The number of amides is 1. The summed E-state index contributed by atoms with van der Waals surface area (Å²) in [6.45, 7) is 3.51. The zero-order valence-electron chi connectivity index (χ0n) is 6.94. The van der Waals surface area contributed by atoms with Gasteiger partial charge in [-0.25, -0.2) is 0 Å². The van der Waals surface area contributed by atoms with Gasteiger partial charge in [0.05, 0.1) is 25.3 Å². The van der Waals surface area contributed by atoms with Gasteiger partial charge in [-0.1, -0.05) is 0 Å². The molecule has 1 fully saturated rings. The highest BCUT2D eigenvalue weighted by atomic mass is 16.5. The molecule has 1 saturated heterocycles. The Kier molecular flexibility index (Phi) is 2.46. The number of rotatable bonds is 3. The van der Waals surface area contributed by atoms with Crippen LogP contribution >= 0.6 is 0 Å². The summed E-state index contributed by atoms with van der Waals surface area (Å²) >= 11 is 0. The van der Waals surface area contributed by atoms with Gasteiger partial charge in [-0.3, -0.25) is 4.79 Å². The molecule has 0 saturated carbocycles. The molecule has 2 N–H and O–H groups in total. The molecule has 0 atom stereocenters. The van der Waals surface area contributed by atoms with Crippen LogP contribution in [-0.2, 0) is 9.53 Å². The second-order valence-electron chi connectivity index (χ2n) is 3.09. The maximum Gasteiger partial charge on any atom is 0.231 e. The Hall–Kier alpha value is -0.610. The van der Waals surface area contributed by atoms with Crippen LogP contribution in [0.25, 0.3) is 0 Å². The van der Waals surface area contributed by atoms with E-state index in [1.165, 1.54) is 0 Å². The lowest BCUT2D eigenvalue weighted by molar-refractivity contribution is -0.157. The van der Waals surface area contributed by atoms with Crippen LogP contribution < -0.4 is 10.6 Å². The Morgan fingerprint density at radius 1 is 1.64 bits per heavy atom. The fourth-order valence-electron chi connectivity index (χ4n) is 0.921. The Morgan fingerprint density at radius 3 is 2.64 bits per heavy atom. The molecule has 4 heteroatoms. The van der Waals surface area contributed by atoms with E-state index in [0.29, 0.717) is 19.9 Å². The molecule has 0 aromatic rings. The first-order valence-electron chi connectivity index (χ1n) is 3.70. The first kappa shape index (κ1) is 8.49. The number of nitrogens with one attached hydrogen (secondary N) is 2. The number of hydrogen-bond acceptors (Lipinski definition) is 3. The molecule has 4 nitrogen and oxygen atoms in total. The molecule has 0 aliphatic carbocycles. The summed E-state index contributed by atoms with van der Waals surface area (Å²) in [6, 6.07) is 0. The van der Waals surface area contributed by atoms with E-state index in [2.05, 4.69) is 10.6 Å². The highest BCUT2D eigenvalue weighted by molar-refractivity contribution is 5.83. The third-order valence-electron chi connectivity index (χ3n) is 1.82. The van der Waals surface area contributed by atoms with E-state index in [-0.39, 0.29) is 11.3 Å². The van der Waals surface area contributed by atoms with Crippen molar-refractivity contribution in [1.82, 2.24) is 10.6 Å². The van der Waals surface area contributed by atoms with Crippen LogP contribution in [0.4, 0.5) is 0 Å². The largest absolute Gasteiger partial charge is 0.379 e. The molecule has 1 amide bonds. The zero-order valence-corrected chi connectivity index (χ0v) is 6.94. The third-order valence-corrected chi connectivity index (χ3v) is 1.82. The summed E-state index contributed by atoms with van der Waals surface area (Å²) in [6.07, 6.45) is 0. The minimum Gasteiger partial charge on any atom is -0.379 e. The van der Waals surface area contributed by atoms with Gasteiger partial charge in [0.1, 0.15) is 0 Å². The van der Waals surface area contributed by atoms with Gasteiger partial charge in [0.2, 0.25) is 5.91 Å². The quantitative estimate of drug-likeness (QED) is 0.535. The maximum atomic E-state index is 11.3. The number of hydrogen-bond donors (Lipinski definition) is 2. The van der Waals surface area contributed by atoms with E-state index >= 15 is 0 Å². The Labute approximate surface area is 66.3 Å². The van der Waals surface area contributed by atoms with E-state index in [1.54, 1.807) is 7.05 Å². The molecule has 0 spiro atoms. The molecule has 11 heavy (non-hydrogen) atoms. The van der Waals surface area contributed by atoms with Crippen molar-refractivity contribution >= 4 is 5.91 Å². The van der Waals surface area contributed by atoms with Gasteiger partial charge in [0, 0.05) is 0 Å². The van der Waals surface area contributed by atoms with Crippen molar-refractivity contribution in [1.29, 1.82) is 0 Å². The monoisotopic (exact) mass is 158 g/mol. The number of carbonyl (C=O) groups is 1. The molecule has 0 unspecified atom stereocenters. The van der Waals surface area contributed by atoms with Gasteiger partial charge in [0.15, 0.2) is 0 Å². The normalized spacial score (nSPS) is 20.5. The Balaban J connectivity index is 2.28. The second-order valence-corrected chi connectivity index (χ2v) is 3.09. The van der Waals surface area contributed by atoms with Gasteiger partial charge in [-0.05, 0) is 14.0 Å². The van der Waals surface area contributed by atoms with Crippen molar-refractivity contribution in [3.63, 3.8) is 0 Å². The van der Waals surface area contributed by atoms with E-state index in [4.69, 9.17) is 4.74 Å². The van der Waals surface area contributed by atoms with Crippen molar-refractivity contribution in [2.75, 3.05) is 26.9 Å². The summed E-state index contributed by atoms with van der Waals surface area (Å²) in [7, 11) is 1.79. The van der Waals surface area contributed by atoms with Crippen molar-refractivity contribution in [3.05, 3.63) is 0 Å². The zero-order chi connectivity index (χ0) is 8.32. The summed E-state index contributed by atoms with van der Waals surface area (Å²) in [5.74, 6) is 0.0677. The lowest BCUT2D eigenvalue weighted by atomic mass is 9.88. The highest BCUT2D eigenvalue weighted by Crippen LogP contribution is 2.26. The van der Waals surface area contributed by atoms with E-state index in [9.17, 15) is 4.79 Å². The van der Waals surface area contributed by atoms with Crippen molar-refractivity contribution in [2.24, 2.45) is 5.41 Å². The molecule has 0 radical (unpaired) electrons. The molecule has 1 heterocycles. The molecule has 1 aliphatic heterocycles. The van der Waals surface area contributed by atoms with Crippen LogP contribution in [0.15, 0.2) is 0 Å². The van der Waals surface area contributed by atoms with Gasteiger partial charge >= 0.3 is 0 Å². The van der Waals surface area contributed by atoms with Crippen LogP contribution in [0.3, 0.4) is 0 Å². The second kappa shape index (κ2) is 3.19. The Morgan fingerprint density at radius 2 is 2.27 bits per heavy atom. The summed E-state index contributed by atoms with van der Waals surface area (Å²) in [4.78, 5) is 11.3. The third kappa shape index (κ3) is 1.70. The van der Waals surface area contributed by atoms with E-state index in [0.717, 1.165) is 0 Å². The molecule has 0 bridgehead atoms. The average Bonchev–Trinajstić information content (AvgIpc) is 1.95. The lowest BCUT2D eigenvalue weighted by Gasteiger charge is -2.36. The minimum atomic E-state index is -0.281. The number of carbonyl (C=O) groups excluding carboxylic acids is 1. The predicted octanol–water partition coefficient (Wildman–Crippen LogP) is -0.684. The van der Waals surface area contributed by atoms with Crippen LogP contribution in [0, 0.1) is 5.41 Å². The fraction of sp³-hybridized carbons (Fsp3) is 0.857. The summed E-state index contributed by atoms with van der Waals surface area (Å²) in [5, 5.41) is 5.59. The predicted molar refractivity (Wildman–Crippen MR) is 41.0 cm³/mol. The van der Waals surface area contributed by atoms with Crippen LogP contribution in [0.2, 0.25) is 0 Å². The molecule has 0 aromatic carbocycles. The SMILES string of the molecule is CNCNC(=O)C1(C)COC1. The van der Waals surface area contributed by atoms with Crippen LogP contribution in [0.1, 0.15) is 6.92 Å². The van der Waals surface area contributed by atoms with Crippen molar-refractivity contribution < 1.29 is 9.53 Å². The van der Waals surface area contributed by atoms with Gasteiger partial charge < -0.3 is 15.4 Å². The smallest absolute Gasteiger partial charge is 0.231 e. The topological polar surface area (TPSA) is 50.4 Å². The Bertz CT molecular complexity index is 155. The standard InChI is InChI=1S/C7H14N2O2/c1-7(3-11-4-7)6(10)9-5-8-2/h8H,3-5H2,1-2H3,(H,9,10). The molecule has 64 valence electrons. The number of ether oxygens (including phenoxy) is 1. The maximum absolute atomic E-state index is 11.3. The first-order chi connectivity index (χ1) is 5.19. The first-order valence-corrected chi connectivity index (χ1v) is 3.70. The molecule has 1 aliphatic rings. The molecular formula is C7H14N2O2. The van der Waals surface area contributed by atoms with E-state index in [1.807, 2.05) is 6.92 Å². The average molecular weight is 158 g/mol. The highest BCUT2D eigenvalue weighted by Gasteiger charge is 2.40.